The topological polar surface area (TPSA) is 21.3 Å². The van der Waals surface area contributed by atoms with Gasteiger partial charge in [-0.05, 0) is 68.7 Å². The quantitative estimate of drug-likeness (QED) is 0.769. The van der Waals surface area contributed by atoms with Crippen LogP contribution in [0.1, 0.15) is 42.4 Å². The average molecular weight is 255 g/mol. The van der Waals surface area contributed by atoms with E-state index in [1.165, 1.54) is 50.0 Å². The van der Waals surface area contributed by atoms with Crippen LogP contribution in [-0.2, 0) is 11.8 Å². The van der Waals surface area contributed by atoms with Crippen molar-refractivity contribution in [2.24, 2.45) is 5.92 Å². The summed E-state index contributed by atoms with van der Waals surface area (Å²) in [5.41, 5.74) is 5.07. The molecule has 100 valence electrons. The SMILES string of the molecule is Cc1ccc2c3c1C[C@H]1NCC[C@@]34C(CCC[C@@H]14)O2. The van der Waals surface area contributed by atoms with E-state index in [1.54, 1.807) is 11.1 Å². The van der Waals surface area contributed by atoms with Gasteiger partial charge in [-0.3, -0.25) is 0 Å². The summed E-state index contributed by atoms with van der Waals surface area (Å²) in [5.74, 6) is 2.04. The van der Waals surface area contributed by atoms with Crippen LogP contribution in [0, 0.1) is 12.8 Å². The zero-order valence-corrected chi connectivity index (χ0v) is 11.5. The Morgan fingerprint density at radius 2 is 2.26 bits per heavy atom. The normalized spacial score (nSPS) is 41.6. The summed E-state index contributed by atoms with van der Waals surface area (Å²) in [4.78, 5) is 0. The predicted octanol–water partition coefficient (Wildman–Crippen LogP) is 2.71. The van der Waals surface area contributed by atoms with Crippen molar-refractivity contribution >= 4 is 0 Å². The van der Waals surface area contributed by atoms with Gasteiger partial charge in [0.05, 0.1) is 0 Å². The van der Waals surface area contributed by atoms with E-state index in [9.17, 15) is 0 Å². The van der Waals surface area contributed by atoms with E-state index in [2.05, 4.69) is 24.4 Å². The van der Waals surface area contributed by atoms with Crippen LogP contribution >= 0.6 is 0 Å². The Morgan fingerprint density at radius 3 is 3.21 bits per heavy atom. The van der Waals surface area contributed by atoms with E-state index in [-0.39, 0.29) is 0 Å². The van der Waals surface area contributed by atoms with E-state index in [1.807, 2.05) is 0 Å². The number of rotatable bonds is 0. The van der Waals surface area contributed by atoms with Crippen LogP contribution in [0.5, 0.6) is 5.75 Å². The monoisotopic (exact) mass is 255 g/mol. The Hall–Kier alpha value is -1.02. The molecule has 0 radical (unpaired) electrons. The number of hydrogen-bond acceptors (Lipinski definition) is 2. The van der Waals surface area contributed by atoms with Crippen molar-refractivity contribution in [3.63, 3.8) is 0 Å². The summed E-state index contributed by atoms with van der Waals surface area (Å²) < 4.78 is 6.41. The Kier molecular flexibility index (Phi) is 1.89. The summed E-state index contributed by atoms with van der Waals surface area (Å²) in [7, 11) is 0. The number of ether oxygens (including phenoxy) is 1. The minimum absolute atomic E-state index is 0.364. The highest BCUT2D eigenvalue weighted by molar-refractivity contribution is 5.57. The average Bonchev–Trinajstić information content (AvgIpc) is 2.73. The van der Waals surface area contributed by atoms with Crippen LogP contribution in [0.25, 0.3) is 0 Å². The van der Waals surface area contributed by atoms with E-state index in [0.29, 0.717) is 17.6 Å². The highest BCUT2D eigenvalue weighted by Crippen LogP contribution is 2.61. The third-order valence-corrected chi connectivity index (χ3v) is 6.32. The fourth-order valence-electron chi connectivity index (χ4n) is 5.62. The highest BCUT2D eigenvalue weighted by Gasteiger charge is 2.61. The number of aryl methyl sites for hydroxylation is 1. The highest BCUT2D eigenvalue weighted by atomic mass is 16.5. The van der Waals surface area contributed by atoms with Crippen LogP contribution in [0.4, 0.5) is 0 Å². The Labute approximate surface area is 114 Å². The molecule has 2 nitrogen and oxygen atoms in total. The molecule has 4 aliphatic rings. The summed E-state index contributed by atoms with van der Waals surface area (Å²) >= 11 is 0. The molecule has 5 rings (SSSR count). The van der Waals surface area contributed by atoms with Gasteiger partial charge >= 0.3 is 0 Å². The lowest BCUT2D eigenvalue weighted by atomic mass is 9.52. The van der Waals surface area contributed by atoms with E-state index < -0.39 is 0 Å². The van der Waals surface area contributed by atoms with E-state index >= 15 is 0 Å². The lowest BCUT2D eigenvalue weighted by Crippen LogP contribution is -2.63. The third-order valence-electron chi connectivity index (χ3n) is 6.32. The molecule has 2 bridgehead atoms. The number of piperidine rings is 1. The molecular formula is C17H21NO. The van der Waals surface area contributed by atoms with Crippen LogP contribution in [0.3, 0.4) is 0 Å². The third kappa shape index (κ3) is 1.10. The predicted molar refractivity (Wildman–Crippen MR) is 74.7 cm³/mol. The summed E-state index contributed by atoms with van der Waals surface area (Å²) in [6.07, 6.45) is 6.96. The standard InChI is InChI=1S/C17H21NO/c1-10-5-6-14-16-11(10)9-13-12-3-2-4-15(19-14)17(12,16)7-8-18-13/h5-6,12-13,15,18H,2-4,7-9H2,1H3/t12-,13+,15?,17+/m0/s1. The molecule has 19 heavy (non-hydrogen) atoms. The van der Waals surface area contributed by atoms with Crippen molar-refractivity contribution in [2.75, 3.05) is 6.54 Å². The second-order valence-electron chi connectivity index (χ2n) is 6.93. The molecule has 2 heterocycles. The van der Waals surface area contributed by atoms with Crippen molar-refractivity contribution in [3.8, 4) is 5.75 Å². The second kappa shape index (κ2) is 3.35. The van der Waals surface area contributed by atoms with Gasteiger partial charge in [-0.2, -0.15) is 0 Å². The van der Waals surface area contributed by atoms with Crippen LogP contribution in [0.2, 0.25) is 0 Å². The zero-order chi connectivity index (χ0) is 12.6. The zero-order valence-electron chi connectivity index (χ0n) is 11.5. The number of hydrogen-bond donors (Lipinski definition) is 1. The summed E-state index contributed by atoms with van der Waals surface area (Å²) in [5, 5.41) is 3.80. The van der Waals surface area contributed by atoms with Crippen molar-refractivity contribution in [1.82, 2.24) is 5.32 Å². The molecule has 2 fully saturated rings. The van der Waals surface area contributed by atoms with Gasteiger partial charge in [-0.1, -0.05) is 6.07 Å². The van der Waals surface area contributed by atoms with Gasteiger partial charge < -0.3 is 10.1 Å². The minimum atomic E-state index is 0.364. The van der Waals surface area contributed by atoms with Crippen molar-refractivity contribution < 1.29 is 4.74 Å². The van der Waals surface area contributed by atoms with Gasteiger partial charge in [0.15, 0.2) is 0 Å². The first kappa shape index (κ1) is 10.7. The van der Waals surface area contributed by atoms with E-state index in [0.717, 1.165) is 5.92 Å². The molecule has 1 saturated heterocycles. The maximum Gasteiger partial charge on any atom is 0.123 e. The lowest BCUT2D eigenvalue weighted by molar-refractivity contribution is 0.00331. The molecule has 1 aromatic rings. The van der Waals surface area contributed by atoms with Crippen molar-refractivity contribution in [3.05, 3.63) is 28.8 Å². The molecule has 1 aromatic carbocycles. The van der Waals surface area contributed by atoms with Crippen LogP contribution < -0.4 is 10.1 Å². The van der Waals surface area contributed by atoms with Gasteiger partial charge in [-0.25, -0.2) is 0 Å². The van der Waals surface area contributed by atoms with Gasteiger partial charge in [0.2, 0.25) is 0 Å². The van der Waals surface area contributed by atoms with Gasteiger partial charge in [0.25, 0.3) is 0 Å². The number of nitrogens with one attached hydrogen (secondary N) is 1. The molecule has 0 aromatic heterocycles. The molecule has 1 unspecified atom stereocenters. The maximum absolute atomic E-state index is 6.41. The first-order chi connectivity index (χ1) is 9.30. The molecule has 1 N–H and O–H groups in total. The number of benzene rings is 1. The molecule has 2 heteroatoms. The molecule has 4 atom stereocenters. The summed E-state index contributed by atoms with van der Waals surface area (Å²) in [6.45, 7) is 3.45. The van der Waals surface area contributed by atoms with Gasteiger partial charge in [0, 0.05) is 17.0 Å². The maximum atomic E-state index is 6.41. The fourth-order valence-corrected chi connectivity index (χ4v) is 5.62. The van der Waals surface area contributed by atoms with Crippen molar-refractivity contribution in [2.45, 2.75) is 56.6 Å². The molecule has 1 saturated carbocycles. The largest absolute Gasteiger partial charge is 0.489 e. The molecular weight excluding hydrogens is 234 g/mol. The Morgan fingerprint density at radius 1 is 1.32 bits per heavy atom. The van der Waals surface area contributed by atoms with Crippen LogP contribution in [-0.4, -0.2) is 18.7 Å². The van der Waals surface area contributed by atoms with Gasteiger partial charge in [0.1, 0.15) is 11.9 Å². The molecule has 2 aliphatic heterocycles. The lowest BCUT2D eigenvalue weighted by Gasteiger charge is -2.55. The fraction of sp³-hybridized carbons (Fsp3) is 0.647. The van der Waals surface area contributed by atoms with Gasteiger partial charge in [-0.15, -0.1) is 0 Å². The molecule has 0 amide bonds. The van der Waals surface area contributed by atoms with E-state index in [4.69, 9.17) is 4.74 Å². The summed E-state index contributed by atoms with van der Waals surface area (Å²) in [6, 6.07) is 5.19. The van der Waals surface area contributed by atoms with Crippen LogP contribution in [0.15, 0.2) is 12.1 Å². The first-order valence-electron chi connectivity index (χ1n) is 7.84. The van der Waals surface area contributed by atoms with Crippen molar-refractivity contribution in [1.29, 1.82) is 0 Å². The Bertz CT molecular complexity index is 567. The Balaban J connectivity index is 1.84. The molecule has 2 aliphatic carbocycles. The minimum Gasteiger partial charge on any atom is -0.489 e. The smallest absolute Gasteiger partial charge is 0.123 e. The first-order valence-corrected chi connectivity index (χ1v) is 7.84. The molecule has 1 spiro atoms. The second-order valence-corrected chi connectivity index (χ2v) is 6.93.